The minimum absolute atomic E-state index is 0.163. The van der Waals surface area contributed by atoms with Crippen LogP contribution in [0.2, 0.25) is 0 Å². The van der Waals surface area contributed by atoms with Gasteiger partial charge in [-0.25, -0.2) is 0 Å². The molecule has 0 aromatic carbocycles. The number of nitrogens with two attached hydrogens (primary N) is 1. The highest BCUT2D eigenvalue weighted by molar-refractivity contribution is 5.26. The van der Waals surface area contributed by atoms with Crippen molar-refractivity contribution >= 4 is 5.95 Å². The molecule has 0 radical (unpaired) electrons. The normalized spacial score (nSPS) is 14.8. The van der Waals surface area contributed by atoms with E-state index in [1.165, 1.54) is 0 Å². The van der Waals surface area contributed by atoms with Gasteiger partial charge in [0, 0.05) is 19.6 Å². The van der Waals surface area contributed by atoms with Gasteiger partial charge in [-0.1, -0.05) is 0 Å². The van der Waals surface area contributed by atoms with Gasteiger partial charge in [-0.3, -0.25) is 0 Å². The molecule has 0 bridgehead atoms. The van der Waals surface area contributed by atoms with Crippen LogP contribution in [-0.2, 0) is 6.42 Å². The third kappa shape index (κ3) is 3.18. The summed E-state index contributed by atoms with van der Waals surface area (Å²) in [6.07, 6.45) is 0.276. The van der Waals surface area contributed by atoms with E-state index in [9.17, 15) is 5.11 Å². The third-order valence-electron chi connectivity index (χ3n) is 2.48. The molecule has 0 amide bonds. The maximum Gasteiger partial charge on any atom is 0.266 e. The molecule has 0 saturated carbocycles. The van der Waals surface area contributed by atoms with Crippen LogP contribution in [0.3, 0.4) is 0 Å². The summed E-state index contributed by atoms with van der Waals surface area (Å²) in [5.74, 6) is 0.977. The topological polar surface area (TPSA) is 88.4 Å². The van der Waals surface area contributed by atoms with Crippen molar-refractivity contribution < 1.29 is 9.63 Å². The van der Waals surface area contributed by atoms with Crippen LogP contribution in [0.5, 0.6) is 0 Å². The summed E-state index contributed by atoms with van der Waals surface area (Å²) in [7, 11) is 0. The second kappa shape index (κ2) is 5.27. The number of hydrogen-bond acceptors (Lipinski definition) is 6. The summed E-state index contributed by atoms with van der Waals surface area (Å²) >= 11 is 0. The summed E-state index contributed by atoms with van der Waals surface area (Å²) in [4.78, 5) is 6.19. The largest absolute Gasteiger partial charge is 0.388 e. The lowest BCUT2D eigenvalue weighted by molar-refractivity contribution is 0.0610. The predicted octanol–water partition coefficient (Wildman–Crippen LogP) is 0.168. The van der Waals surface area contributed by atoms with Gasteiger partial charge in [0.1, 0.15) is 0 Å². The average Bonchev–Trinajstić information content (AvgIpc) is 2.68. The maximum atomic E-state index is 9.77. The molecule has 1 rings (SSSR count). The number of aliphatic hydroxyl groups is 1. The van der Waals surface area contributed by atoms with Crippen molar-refractivity contribution in [3.63, 3.8) is 0 Å². The first-order chi connectivity index (χ1) is 7.52. The number of aromatic nitrogens is 2. The molecule has 1 unspecified atom stereocenters. The van der Waals surface area contributed by atoms with Gasteiger partial charge in [0.25, 0.3) is 5.95 Å². The molecule has 1 heterocycles. The van der Waals surface area contributed by atoms with E-state index in [1.54, 1.807) is 6.92 Å². The lowest BCUT2D eigenvalue weighted by Gasteiger charge is -2.18. The van der Waals surface area contributed by atoms with Crippen LogP contribution in [0, 0.1) is 0 Å². The molecule has 0 aliphatic heterocycles. The van der Waals surface area contributed by atoms with E-state index in [0.717, 1.165) is 13.1 Å². The van der Waals surface area contributed by atoms with Gasteiger partial charge in [0.05, 0.1) is 12.0 Å². The van der Waals surface area contributed by atoms with Crippen LogP contribution < -0.4 is 10.6 Å². The van der Waals surface area contributed by atoms with Gasteiger partial charge in [-0.2, -0.15) is 4.98 Å². The van der Waals surface area contributed by atoms with Crippen LogP contribution in [0.4, 0.5) is 5.95 Å². The molecular weight excluding hydrogens is 208 g/mol. The summed E-state index contributed by atoms with van der Waals surface area (Å²) in [6.45, 7) is 7.50. The first kappa shape index (κ1) is 12.9. The van der Waals surface area contributed by atoms with Crippen LogP contribution in [0.1, 0.15) is 26.7 Å². The fourth-order valence-corrected chi connectivity index (χ4v) is 1.35. The second-order valence-corrected chi connectivity index (χ2v) is 4.04. The molecule has 0 fully saturated rings. The summed E-state index contributed by atoms with van der Waals surface area (Å²) in [5, 5.41) is 13.6. The Hall–Kier alpha value is -1.14. The second-order valence-electron chi connectivity index (χ2n) is 4.04. The van der Waals surface area contributed by atoms with Crippen molar-refractivity contribution in [1.29, 1.82) is 0 Å². The lowest BCUT2D eigenvalue weighted by Crippen LogP contribution is -2.36. The number of anilines is 1. The van der Waals surface area contributed by atoms with Gasteiger partial charge in [0.2, 0.25) is 5.89 Å². The fraction of sp³-hybridized carbons (Fsp3) is 0.800. The predicted molar refractivity (Wildman–Crippen MR) is 61.2 cm³/mol. The molecule has 0 saturated heterocycles. The van der Waals surface area contributed by atoms with Crippen molar-refractivity contribution in [2.24, 2.45) is 5.73 Å². The number of hydrogen-bond donors (Lipinski definition) is 2. The zero-order valence-corrected chi connectivity index (χ0v) is 10.1. The Labute approximate surface area is 95.4 Å². The Bertz CT molecular complexity index is 320. The molecule has 1 aromatic rings. The highest BCUT2D eigenvalue weighted by Crippen LogP contribution is 2.14. The zero-order chi connectivity index (χ0) is 12.2. The Balaban J connectivity index is 2.71. The van der Waals surface area contributed by atoms with E-state index < -0.39 is 5.60 Å². The lowest BCUT2D eigenvalue weighted by atomic mass is 10.0. The first-order valence-electron chi connectivity index (χ1n) is 5.52. The highest BCUT2D eigenvalue weighted by Gasteiger charge is 2.23. The quantitative estimate of drug-likeness (QED) is 0.721. The highest BCUT2D eigenvalue weighted by atomic mass is 16.5. The minimum atomic E-state index is -0.993. The Kier molecular flexibility index (Phi) is 4.26. The van der Waals surface area contributed by atoms with Gasteiger partial charge in [-0.15, -0.1) is 0 Å². The fourth-order valence-electron chi connectivity index (χ4n) is 1.35. The van der Waals surface area contributed by atoms with E-state index in [-0.39, 0.29) is 13.0 Å². The van der Waals surface area contributed by atoms with Crippen molar-refractivity contribution in [2.75, 3.05) is 24.5 Å². The summed E-state index contributed by atoms with van der Waals surface area (Å²) < 4.78 is 5.07. The molecule has 6 heteroatoms. The molecule has 1 aromatic heterocycles. The SMILES string of the molecule is CCN(CC)c1noc(CC(C)(O)CN)n1. The van der Waals surface area contributed by atoms with Gasteiger partial charge < -0.3 is 20.3 Å². The molecule has 0 spiro atoms. The van der Waals surface area contributed by atoms with E-state index in [4.69, 9.17) is 10.3 Å². The molecule has 0 aliphatic rings. The molecule has 16 heavy (non-hydrogen) atoms. The van der Waals surface area contributed by atoms with E-state index in [0.29, 0.717) is 11.8 Å². The molecule has 6 nitrogen and oxygen atoms in total. The summed E-state index contributed by atoms with van der Waals surface area (Å²) in [6, 6.07) is 0. The standard InChI is InChI=1S/C10H20N4O2/c1-4-14(5-2)9-12-8(16-13-9)6-10(3,15)7-11/h15H,4-7,11H2,1-3H3. The van der Waals surface area contributed by atoms with Gasteiger partial charge >= 0.3 is 0 Å². The Morgan fingerprint density at radius 3 is 2.56 bits per heavy atom. The molecule has 92 valence electrons. The monoisotopic (exact) mass is 228 g/mol. The van der Waals surface area contributed by atoms with Gasteiger partial charge in [-0.05, 0) is 25.9 Å². The Morgan fingerprint density at radius 2 is 2.06 bits per heavy atom. The molecule has 0 aliphatic carbocycles. The van der Waals surface area contributed by atoms with Crippen LogP contribution in [0.25, 0.3) is 0 Å². The maximum absolute atomic E-state index is 9.77. The van der Waals surface area contributed by atoms with Crippen molar-refractivity contribution in [3.05, 3.63) is 5.89 Å². The van der Waals surface area contributed by atoms with Crippen LogP contribution in [0.15, 0.2) is 4.52 Å². The third-order valence-corrected chi connectivity index (χ3v) is 2.48. The van der Waals surface area contributed by atoms with E-state index >= 15 is 0 Å². The van der Waals surface area contributed by atoms with Crippen molar-refractivity contribution in [3.8, 4) is 0 Å². The van der Waals surface area contributed by atoms with E-state index in [1.807, 2.05) is 18.7 Å². The number of nitrogens with zero attached hydrogens (tertiary/aromatic N) is 3. The molecule has 3 N–H and O–H groups in total. The van der Waals surface area contributed by atoms with Crippen molar-refractivity contribution in [2.45, 2.75) is 32.8 Å². The molecule has 1 atom stereocenters. The van der Waals surface area contributed by atoms with Crippen molar-refractivity contribution in [1.82, 2.24) is 10.1 Å². The first-order valence-corrected chi connectivity index (χ1v) is 5.52. The van der Waals surface area contributed by atoms with Crippen LogP contribution >= 0.6 is 0 Å². The molecular formula is C10H20N4O2. The van der Waals surface area contributed by atoms with E-state index in [2.05, 4.69) is 10.1 Å². The van der Waals surface area contributed by atoms with Crippen LogP contribution in [-0.4, -0.2) is 40.5 Å². The minimum Gasteiger partial charge on any atom is -0.388 e. The Morgan fingerprint density at radius 1 is 1.44 bits per heavy atom. The average molecular weight is 228 g/mol. The smallest absolute Gasteiger partial charge is 0.266 e. The zero-order valence-electron chi connectivity index (χ0n) is 10.1. The number of rotatable bonds is 6. The van der Waals surface area contributed by atoms with Gasteiger partial charge in [0.15, 0.2) is 0 Å². The summed E-state index contributed by atoms with van der Waals surface area (Å²) in [5.41, 5.74) is 4.43.